The van der Waals surface area contributed by atoms with Gasteiger partial charge in [0.15, 0.2) is 0 Å². The second kappa shape index (κ2) is 4.59. The number of anilines is 2. The summed E-state index contributed by atoms with van der Waals surface area (Å²) in [5.74, 6) is 0. The predicted molar refractivity (Wildman–Crippen MR) is 75.4 cm³/mol. The van der Waals surface area contributed by atoms with E-state index in [-0.39, 0.29) is 0 Å². The summed E-state index contributed by atoms with van der Waals surface area (Å²) >= 11 is 0. The number of aryl methyl sites for hydroxylation is 1. The maximum atomic E-state index is 6.10. The Balaban J connectivity index is 2.23. The second-order valence-electron chi connectivity index (χ2n) is 5.44. The molecule has 0 amide bonds. The number of nitrogens with two attached hydrogens (primary N) is 1. The van der Waals surface area contributed by atoms with Gasteiger partial charge in [-0.1, -0.05) is 19.9 Å². The molecule has 0 atom stereocenters. The van der Waals surface area contributed by atoms with Crippen molar-refractivity contribution in [2.75, 3.05) is 23.7 Å². The first kappa shape index (κ1) is 12.3. The fourth-order valence-corrected chi connectivity index (χ4v) is 2.90. The molecule has 1 saturated heterocycles. The zero-order chi connectivity index (χ0) is 12.5. The van der Waals surface area contributed by atoms with Crippen molar-refractivity contribution in [1.29, 1.82) is 0 Å². The Labute approximate surface area is 105 Å². The van der Waals surface area contributed by atoms with E-state index in [9.17, 15) is 0 Å². The largest absolute Gasteiger partial charge is 0.397 e. The Morgan fingerprint density at radius 3 is 2.59 bits per heavy atom. The summed E-state index contributed by atoms with van der Waals surface area (Å²) < 4.78 is 0. The molecule has 2 N–H and O–H groups in total. The van der Waals surface area contributed by atoms with Gasteiger partial charge in [0.1, 0.15) is 0 Å². The molecule has 0 spiro atoms. The van der Waals surface area contributed by atoms with E-state index in [1.807, 2.05) is 6.07 Å². The van der Waals surface area contributed by atoms with Gasteiger partial charge in [-0.2, -0.15) is 0 Å². The van der Waals surface area contributed by atoms with E-state index in [0.29, 0.717) is 5.41 Å². The Bertz CT molecular complexity index is 394. The van der Waals surface area contributed by atoms with Gasteiger partial charge in [0.2, 0.25) is 0 Å². The van der Waals surface area contributed by atoms with Crippen molar-refractivity contribution < 1.29 is 0 Å². The van der Waals surface area contributed by atoms with Gasteiger partial charge in [-0.25, -0.2) is 0 Å². The number of hydrogen-bond acceptors (Lipinski definition) is 2. The highest BCUT2D eigenvalue weighted by Gasteiger charge is 2.35. The van der Waals surface area contributed by atoms with Crippen LogP contribution in [-0.2, 0) is 0 Å². The van der Waals surface area contributed by atoms with Crippen molar-refractivity contribution in [3.63, 3.8) is 0 Å². The summed E-state index contributed by atoms with van der Waals surface area (Å²) in [5.41, 5.74) is 10.0. The lowest BCUT2D eigenvalue weighted by molar-refractivity contribution is 0.301. The van der Waals surface area contributed by atoms with E-state index >= 15 is 0 Å². The van der Waals surface area contributed by atoms with Crippen LogP contribution in [0.2, 0.25) is 0 Å². The highest BCUT2D eigenvalue weighted by molar-refractivity contribution is 5.69. The first-order valence-corrected chi connectivity index (χ1v) is 6.71. The lowest BCUT2D eigenvalue weighted by Gasteiger charge is -2.28. The minimum Gasteiger partial charge on any atom is -0.397 e. The Hall–Kier alpha value is -1.18. The number of nitrogens with zero attached hydrogens (tertiary/aromatic N) is 1. The molecule has 0 bridgehead atoms. The van der Waals surface area contributed by atoms with E-state index in [2.05, 4.69) is 37.8 Å². The molecule has 1 heterocycles. The minimum absolute atomic E-state index is 0.510. The van der Waals surface area contributed by atoms with Crippen LogP contribution in [0, 0.1) is 12.3 Å². The molecule has 2 rings (SSSR count). The molecule has 0 unspecified atom stereocenters. The average Bonchev–Trinajstić information content (AvgIpc) is 2.77. The second-order valence-corrected chi connectivity index (χ2v) is 5.44. The maximum absolute atomic E-state index is 6.10. The van der Waals surface area contributed by atoms with Crippen LogP contribution in [-0.4, -0.2) is 13.1 Å². The van der Waals surface area contributed by atoms with Gasteiger partial charge in [-0.3, -0.25) is 0 Å². The number of benzene rings is 1. The molecular formula is C15H24N2. The molecule has 1 aromatic rings. The third kappa shape index (κ3) is 2.26. The van der Waals surface area contributed by atoms with Crippen molar-refractivity contribution in [2.45, 2.75) is 40.0 Å². The van der Waals surface area contributed by atoms with Crippen molar-refractivity contribution in [3.8, 4) is 0 Å². The summed E-state index contributed by atoms with van der Waals surface area (Å²) in [7, 11) is 0. The zero-order valence-corrected chi connectivity index (χ0v) is 11.3. The van der Waals surface area contributed by atoms with Crippen LogP contribution >= 0.6 is 0 Å². The SMILES string of the molecule is CCC1(CC)CCN(c2cc(C)ccc2N)C1. The van der Waals surface area contributed by atoms with Gasteiger partial charge >= 0.3 is 0 Å². The Morgan fingerprint density at radius 2 is 2.00 bits per heavy atom. The first-order valence-electron chi connectivity index (χ1n) is 6.71. The third-order valence-electron chi connectivity index (χ3n) is 4.46. The molecule has 0 aliphatic carbocycles. The summed E-state index contributed by atoms with van der Waals surface area (Å²) in [6.07, 6.45) is 3.84. The number of hydrogen-bond donors (Lipinski definition) is 1. The van der Waals surface area contributed by atoms with Gasteiger partial charge in [0.05, 0.1) is 11.4 Å². The third-order valence-corrected chi connectivity index (χ3v) is 4.46. The molecule has 1 aliphatic rings. The van der Waals surface area contributed by atoms with E-state index < -0.39 is 0 Å². The first-order chi connectivity index (χ1) is 8.10. The van der Waals surface area contributed by atoms with E-state index in [1.54, 1.807) is 0 Å². The molecule has 2 heteroatoms. The molecular weight excluding hydrogens is 208 g/mol. The fraction of sp³-hybridized carbons (Fsp3) is 0.600. The van der Waals surface area contributed by atoms with E-state index in [1.165, 1.54) is 30.5 Å². The van der Waals surface area contributed by atoms with Gasteiger partial charge in [0, 0.05) is 13.1 Å². The highest BCUT2D eigenvalue weighted by atomic mass is 15.2. The predicted octanol–water partition coefficient (Wildman–Crippen LogP) is 3.59. The van der Waals surface area contributed by atoms with Crippen LogP contribution in [0.5, 0.6) is 0 Å². The standard InChI is InChI=1S/C15H24N2/c1-4-15(5-2)8-9-17(11-15)14-10-12(3)6-7-13(14)16/h6-7,10H,4-5,8-9,11,16H2,1-3H3. The van der Waals surface area contributed by atoms with Crippen molar-refractivity contribution in [1.82, 2.24) is 0 Å². The van der Waals surface area contributed by atoms with E-state index in [0.717, 1.165) is 18.8 Å². The lowest BCUT2D eigenvalue weighted by atomic mass is 9.82. The molecule has 1 fully saturated rings. The molecule has 0 aromatic heterocycles. The summed E-state index contributed by atoms with van der Waals surface area (Å²) in [6, 6.07) is 6.33. The highest BCUT2D eigenvalue weighted by Crippen LogP contribution is 2.40. The minimum atomic E-state index is 0.510. The van der Waals surface area contributed by atoms with Crippen LogP contribution in [0.15, 0.2) is 18.2 Å². The molecule has 0 radical (unpaired) electrons. The van der Waals surface area contributed by atoms with Crippen molar-refractivity contribution in [3.05, 3.63) is 23.8 Å². The maximum Gasteiger partial charge on any atom is 0.0602 e. The molecule has 94 valence electrons. The van der Waals surface area contributed by atoms with Crippen LogP contribution in [0.3, 0.4) is 0 Å². The molecule has 2 nitrogen and oxygen atoms in total. The lowest BCUT2D eigenvalue weighted by Crippen LogP contribution is -2.26. The number of nitrogen functional groups attached to an aromatic ring is 1. The summed E-state index contributed by atoms with van der Waals surface area (Å²) in [5, 5.41) is 0. The number of rotatable bonds is 3. The Kier molecular flexibility index (Phi) is 3.32. The van der Waals surface area contributed by atoms with Gasteiger partial charge in [-0.05, 0) is 49.3 Å². The van der Waals surface area contributed by atoms with Gasteiger partial charge in [0.25, 0.3) is 0 Å². The topological polar surface area (TPSA) is 29.3 Å². The molecule has 0 saturated carbocycles. The fourth-order valence-electron chi connectivity index (χ4n) is 2.90. The quantitative estimate of drug-likeness (QED) is 0.807. The molecule has 1 aromatic carbocycles. The van der Waals surface area contributed by atoms with Crippen LogP contribution in [0.4, 0.5) is 11.4 Å². The smallest absolute Gasteiger partial charge is 0.0602 e. The van der Waals surface area contributed by atoms with Crippen LogP contribution < -0.4 is 10.6 Å². The Morgan fingerprint density at radius 1 is 1.29 bits per heavy atom. The monoisotopic (exact) mass is 232 g/mol. The van der Waals surface area contributed by atoms with Crippen molar-refractivity contribution in [2.24, 2.45) is 5.41 Å². The normalized spacial score (nSPS) is 18.6. The molecule has 17 heavy (non-hydrogen) atoms. The van der Waals surface area contributed by atoms with Crippen molar-refractivity contribution >= 4 is 11.4 Å². The molecule has 1 aliphatic heterocycles. The van der Waals surface area contributed by atoms with E-state index in [4.69, 9.17) is 5.73 Å². The van der Waals surface area contributed by atoms with Gasteiger partial charge in [-0.15, -0.1) is 0 Å². The van der Waals surface area contributed by atoms with Gasteiger partial charge < -0.3 is 10.6 Å². The summed E-state index contributed by atoms with van der Waals surface area (Å²) in [6.45, 7) is 9.06. The summed E-state index contributed by atoms with van der Waals surface area (Å²) in [4.78, 5) is 2.47. The average molecular weight is 232 g/mol. The van der Waals surface area contributed by atoms with Crippen LogP contribution in [0.25, 0.3) is 0 Å². The van der Waals surface area contributed by atoms with Crippen LogP contribution in [0.1, 0.15) is 38.7 Å². The zero-order valence-electron chi connectivity index (χ0n) is 11.3.